The lowest BCUT2D eigenvalue weighted by Gasteiger charge is -2.31. The molecule has 1 saturated heterocycles. The van der Waals surface area contributed by atoms with Gasteiger partial charge in [-0.2, -0.15) is 0 Å². The molecule has 0 amide bonds. The number of aliphatic hydroxyl groups is 1. The average molecular weight is 226 g/mol. The molecular weight excluding hydrogens is 200 g/mol. The molecule has 3 unspecified atom stereocenters. The van der Waals surface area contributed by atoms with E-state index in [0.29, 0.717) is 17.4 Å². The standard InChI is InChI=1S/C14H26O2/c1-14(2)9-3-6-12(14)13(15)8-7-11-5-4-10-16-11/h11-13,15H,3-10H2,1-2H3. The molecule has 1 heterocycles. The van der Waals surface area contributed by atoms with Crippen molar-refractivity contribution < 1.29 is 9.84 Å². The first kappa shape index (κ1) is 12.4. The zero-order valence-electron chi connectivity index (χ0n) is 10.7. The summed E-state index contributed by atoms with van der Waals surface area (Å²) in [6.07, 6.45) is 8.47. The molecule has 0 aromatic carbocycles. The number of ether oxygens (including phenoxy) is 1. The van der Waals surface area contributed by atoms with E-state index < -0.39 is 0 Å². The lowest BCUT2D eigenvalue weighted by molar-refractivity contribution is 0.0281. The highest BCUT2D eigenvalue weighted by Crippen LogP contribution is 2.45. The SMILES string of the molecule is CC1(C)CCCC1C(O)CCC1CCCO1. The highest BCUT2D eigenvalue weighted by molar-refractivity contribution is 4.89. The maximum absolute atomic E-state index is 10.3. The molecule has 0 radical (unpaired) electrons. The fourth-order valence-electron chi connectivity index (χ4n) is 3.50. The molecule has 16 heavy (non-hydrogen) atoms. The van der Waals surface area contributed by atoms with Crippen LogP contribution >= 0.6 is 0 Å². The first-order valence-electron chi connectivity index (χ1n) is 6.89. The van der Waals surface area contributed by atoms with E-state index in [-0.39, 0.29) is 6.10 Å². The van der Waals surface area contributed by atoms with Crippen LogP contribution in [0.15, 0.2) is 0 Å². The van der Waals surface area contributed by atoms with Gasteiger partial charge in [-0.1, -0.05) is 20.3 Å². The summed E-state index contributed by atoms with van der Waals surface area (Å²) >= 11 is 0. The molecule has 1 N–H and O–H groups in total. The quantitative estimate of drug-likeness (QED) is 0.798. The van der Waals surface area contributed by atoms with Crippen LogP contribution in [-0.2, 0) is 4.74 Å². The van der Waals surface area contributed by atoms with Crippen LogP contribution in [0.5, 0.6) is 0 Å². The average Bonchev–Trinajstić information content (AvgIpc) is 2.83. The van der Waals surface area contributed by atoms with Gasteiger partial charge in [-0.25, -0.2) is 0 Å². The molecule has 3 atom stereocenters. The normalized spacial score (nSPS) is 35.4. The van der Waals surface area contributed by atoms with Gasteiger partial charge < -0.3 is 9.84 Å². The van der Waals surface area contributed by atoms with Gasteiger partial charge in [0.05, 0.1) is 12.2 Å². The van der Waals surface area contributed by atoms with E-state index in [1.54, 1.807) is 0 Å². The molecule has 0 spiro atoms. The van der Waals surface area contributed by atoms with Crippen molar-refractivity contribution in [1.82, 2.24) is 0 Å². The van der Waals surface area contributed by atoms with Gasteiger partial charge in [0.1, 0.15) is 0 Å². The van der Waals surface area contributed by atoms with E-state index in [2.05, 4.69) is 13.8 Å². The third-order valence-electron chi connectivity index (χ3n) is 4.61. The molecule has 2 rings (SSSR count). The van der Waals surface area contributed by atoms with Gasteiger partial charge in [-0.05, 0) is 49.9 Å². The molecule has 1 saturated carbocycles. The van der Waals surface area contributed by atoms with Gasteiger partial charge in [-0.3, -0.25) is 0 Å². The third kappa shape index (κ3) is 2.78. The predicted octanol–water partition coefficient (Wildman–Crippen LogP) is 3.13. The van der Waals surface area contributed by atoms with Gasteiger partial charge in [-0.15, -0.1) is 0 Å². The number of hydrogen-bond acceptors (Lipinski definition) is 2. The molecule has 2 nitrogen and oxygen atoms in total. The van der Waals surface area contributed by atoms with E-state index in [1.807, 2.05) is 0 Å². The van der Waals surface area contributed by atoms with Crippen LogP contribution in [0, 0.1) is 11.3 Å². The van der Waals surface area contributed by atoms with E-state index in [9.17, 15) is 5.11 Å². The lowest BCUT2D eigenvalue weighted by atomic mass is 9.77. The van der Waals surface area contributed by atoms with Gasteiger partial charge in [0.25, 0.3) is 0 Å². The molecule has 2 fully saturated rings. The smallest absolute Gasteiger partial charge is 0.0577 e. The number of aliphatic hydroxyl groups excluding tert-OH is 1. The summed E-state index contributed by atoms with van der Waals surface area (Å²) in [6, 6.07) is 0. The monoisotopic (exact) mass is 226 g/mol. The van der Waals surface area contributed by atoms with Gasteiger partial charge in [0, 0.05) is 6.61 Å². The fraction of sp³-hybridized carbons (Fsp3) is 1.00. The minimum atomic E-state index is -0.110. The fourth-order valence-corrected chi connectivity index (χ4v) is 3.50. The minimum Gasteiger partial charge on any atom is -0.393 e. The lowest BCUT2D eigenvalue weighted by Crippen LogP contribution is -2.30. The summed E-state index contributed by atoms with van der Waals surface area (Å²) in [7, 11) is 0. The van der Waals surface area contributed by atoms with Crippen LogP contribution in [0.25, 0.3) is 0 Å². The van der Waals surface area contributed by atoms with Crippen molar-refractivity contribution in [2.24, 2.45) is 11.3 Å². The highest BCUT2D eigenvalue weighted by atomic mass is 16.5. The Labute approximate surface area is 99.4 Å². The van der Waals surface area contributed by atoms with E-state index >= 15 is 0 Å². The predicted molar refractivity (Wildman–Crippen MR) is 65.3 cm³/mol. The summed E-state index contributed by atoms with van der Waals surface area (Å²) in [4.78, 5) is 0. The number of rotatable bonds is 4. The van der Waals surface area contributed by atoms with Crippen LogP contribution in [0.2, 0.25) is 0 Å². The van der Waals surface area contributed by atoms with Crippen molar-refractivity contribution in [1.29, 1.82) is 0 Å². The zero-order chi connectivity index (χ0) is 11.6. The Morgan fingerprint density at radius 1 is 1.31 bits per heavy atom. The molecule has 0 aromatic heterocycles. The molecule has 0 bridgehead atoms. The maximum Gasteiger partial charge on any atom is 0.0577 e. The third-order valence-corrected chi connectivity index (χ3v) is 4.61. The Hall–Kier alpha value is -0.0800. The second-order valence-electron chi connectivity index (χ2n) is 6.27. The van der Waals surface area contributed by atoms with Gasteiger partial charge in [0.2, 0.25) is 0 Å². The number of hydrogen-bond donors (Lipinski definition) is 1. The van der Waals surface area contributed by atoms with E-state index in [4.69, 9.17) is 4.74 Å². The molecule has 1 aliphatic heterocycles. The van der Waals surface area contributed by atoms with Gasteiger partial charge in [0.15, 0.2) is 0 Å². The summed E-state index contributed by atoms with van der Waals surface area (Å²) < 4.78 is 5.61. The Morgan fingerprint density at radius 2 is 2.12 bits per heavy atom. The van der Waals surface area contributed by atoms with Crippen molar-refractivity contribution >= 4 is 0 Å². The zero-order valence-corrected chi connectivity index (χ0v) is 10.7. The topological polar surface area (TPSA) is 29.5 Å². The van der Waals surface area contributed by atoms with E-state index in [0.717, 1.165) is 19.4 Å². The van der Waals surface area contributed by atoms with Crippen molar-refractivity contribution in [3.63, 3.8) is 0 Å². The Kier molecular flexibility index (Phi) is 3.91. The second-order valence-corrected chi connectivity index (χ2v) is 6.27. The summed E-state index contributed by atoms with van der Waals surface area (Å²) in [5.41, 5.74) is 0.343. The van der Waals surface area contributed by atoms with Crippen molar-refractivity contribution in [2.75, 3.05) is 6.61 Å². The van der Waals surface area contributed by atoms with Crippen LogP contribution in [0.4, 0.5) is 0 Å². The minimum absolute atomic E-state index is 0.110. The Morgan fingerprint density at radius 3 is 2.69 bits per heavy atom. The van der Waals surface area contributed by atoms with Crippen molar-refractivity contribution in [2.45, 2.75) is 71.0 Å². The van der Waals surface area contributed by atoms with Crippen molar-refractivity contribution in [3.05, 3.63) is 0 Å². The summed E-state index contributed by atoms with van der Waals surface area (Å²) in [5, 5.41) is 10.3. The molecule has 0 aromatic rings. The van der Waals surface area contributed by atoms with Crippen LogP contribution < -0.4 is 0 Å². The first-order chi connectivity index (χ1) is 7.59. The summed E-state index contributed by atoms with van der Waals surface area (Å²) in [6.45, 7) is 5.54. The molecule has 2 aliphatic rings. The van der Waals surface area contributed by atoms with E-state index in [1.165, 1.54) is 32.1 Å². The van der Waals surface area contributed by atoms with Crippen LogP contribution in [-0.4, -0.2) is 23.9 Å². The second kappa shape index (κ2) is 5.05. The van der Waals surface area contributed by atoms with Crippen LogP contribution in [0.3, 0.4) is 0 Å². The molecular formula is C14H26O2. The van der Waals surface area contributed by atoms with Gasteiger partial charge >= 0.3 is 0 Å². The highest BCUT2D eigenvalue weighted by Gasteiger charge is 2.38. The molecule has 2 heteroatoms. The van der Waals surface area contributed by atoms with Crippen LogP contribution in [0.1, 0.15) is 58.8 Å². The van der Waals surface area contributed by atoms with Crippen molar-refractivity contribution in [3.8, 4) is 0 Å². The Balaban J connectivity index is 1.76. The Bertz CT molecular complexity index is 219. The first-order valence-corrected chi connectivity index (χ1v) is 6.89. The summed E-state index contributed by atoms with van der Waals surface area (Å²) in [5.74, 6) is 0.508. The molecule has 1 aliphatic carbocycles. The molecule has 94 valence electrons. The maximum atomic E-state index is 10.3. The largest absolute Gasteiger partial charge is 0.393 e.